The van der Waals surface area contributed by atoms with Gasteiger partial charge in [0.25, 0.3) is 5.56 Å². The van der Waals surface area contributed by atoms with Gasteiger partial charge in [0.15, 0.2) is 0 Å². The first kappa shape index (κ1) is 13.8. The third-order valence-corrected chi connectivity index (χ3v) is 2.61. The van der Waals surface area contributed by atoms with Gasteiger partial charge < -0.3 is 10.1 Å². The number of ether oxygens (including phenoxy) is 1. The van der Waals surface area contributed by atoms with Gasteiger partial charge in [-0.3, -0.25) is 9.78 Å². The van der Waals surface area contributed by atoms with Gasteiger partial charge in [-0.25, -0.2) is 9.78 Å². The van der Waals surface area contributed by atoms with E-state index in [2.05, 4.69) is 15.3 Å². The number of hydrogen-bond donors (Lipinski definition) is 2. The topological polar surface area (TPSA) is 84.1 Å². The minimum atomic E-state index is -0.678. The van der Waals surface area contributed by atoms with Gasteiger partial charge in [0, 0.05) is 5.69 Å². The number of esters is 1. The van der Waals surface area contributed by atoms with Crippen LogP contribution in [0.1, 0.15) is 22.8 Å². The summed E-state index contributed by atoms with van der Waals surface area (Å²) in [6.07, 6.45) is 1.20. The van der Waals surface area contributed by atoms with Crippen molar-refractivity contribution >= 4 is 17.6 Å². The largest absolute Gasteiger partial charge is 0.462 e. The number of H-pyrrole nitrogens is 1. The molecule has 1 aromatic heterocycles. The van der Waals surface area contributed by atoms with E-state index < -0.39 is 11.5 Å². The molecule has 1 heterocycles. The number of nitrogens with zero attached hydrogens (tertiary/aromatic N) is 1. The second-order valence-corrected chi connectivity index (χ2v) is 4.19. The van der Waals surface area contributed by atoms with E-state index in [-0.39, 0.29) is 18.1 Å². The molecule has 0 saturated heterocycles. The van der Waals surface area contributed by atoms with Crippen LogP contribution >= 0.6 is 0 Å². The predicted molar refractivity (Wildman–Crippen MR) is 75.3 cm³/mol. The second-order valence-electron chi connectivity index (χ2n) is 4.19. The number of aromatic nitrogens is 2. The third-order valence-electron chi connectivity index (χ3n) is 2.61. The highest BCUT2D eigenvalue weighted by atomic mass is 16.5. The highest BCUT2D eigenvalue weighted by molar-refractivity contribution is 5.88. The first-order valence-electron chi connectivity index (χ1n) is 6.20. The van der Waals surface area contributed by atoms with Gasteiger partial charge in [-0.1, -0.05) is 17.7 Å². The Morgan fingerprint density at radius 3 is 2.65 bits per heavy atom. The van der Waals surface area contributed by atoms with Crippen LogP contribution in [0.25, 0.3) is 0 Å². The number of nitrogens with one attached hydrogen (secondary N) is 2. The van der Waals surface area contributed by atoms with Gasteiger partial charge in [-0.15, -0.1) is 0 Å². The molecule has 6 nitrogen and oxygen atoms in total. The van der Waals surface area contributed by atoms with E-state index in [1.807, 2.05) is 31.2 Å². The summed E-state index contributed by atoms with van der Waals surface area (Å²) >= 11 is 0. The minimum absolute atomic E-state index is 0.110. The van der Waals surface area contributed by atoms with E-state index in [1.165, 1.54) is 6.20 Å². The van der Waals surface area contributed by atoms with Crippen molar-refractivity contribution in [1.82, 2.24) is 9.97 Å². The zero-order chi connectivity index (χ0) is 14.5. The van der Waals surface area contributed by atoms with Crippen LogP contribution < -0.4 is 10.9 Å². The molecule has 0 unspecified atom stereocenters. The smallest absolute Gasteiger partial charge is 0.345 e. The van der Waals surface area contributed by atoms with Crippen LogP contribution in [0.3, 0.4) is 0 Å². The Morgan fingerprint density at radius 2 is 2.05 bits per heavy atom. The molecule has 0 atom stereocenters. The Morgan fingerprint density at radius 1 is 1.35 bits per heavy atom. The van der Waals surface area contributed by atoms with Crippen molar-refractivity contribution in [2.24, 2.45) is 0 Å². The molecule has 0 amide bonds. The van der Waals surface area contributed by atoms with Crippen LogP contribution in [0.2, 0.25) is 0 Å². The van der Waals surface area contributed by atoms with Gasteiger partial charge in [0.2, 0.25) is 5.95 Å². The molecule has 20 heavy (non-hydrogen) atoms. The molecule has 0 aliphatic rings. The molecule has 1 aromatic carbocycles. The van der Waals surface area contributed by atoms with Crippen molar-refractivity contribution in [2.45, 2.75) is 13.8 Å². The Kier molecular flexibility index (Phi) is 4.14. The lowest BCUT2D eigenvalue weighted by atomic mass is 10.2. The Bertz CT molecular complexity index is 662. The van der Waals surface area contributed by atoms with Crippen molar-refractivity contribution in [2.75, 3.05) is 11.9 Å². The van der Waals surface area contributed by atoms with E-state index in [9.17, 15) is 9.59 Å². The van der Waals surface area contributed by atoms with Gasteiger partial charge >= 0.3 is 5.97 Å². The van der Waals surface area contributed by atoms with Crippen molar-refractivity contribution in [3.8, 4) is 0 Å². The highest BCUT2D eigenvalue weighted by Crippen LogP contribution is 2.12. The zero-order valence-electron chi connectivity index (χ0n) is 11.3. The number of hydrogen-bond acceptors (Lipinski definition) is 5. The summed E-state index contributed by atoms with van der Waals surface area (Å²) in [5, 5.41) is 2.95. The van der Waals surface area contributed by atoms with Crippen LogP contribution in [0, 0.1) is 6.92 Å². The first-order chi connectivity index (χ1) is 9.60. The fraction of sp³-hybridized carbons (Fsp3) is 0.214. The lowest BCUT2D eigenvalue weighted by molar-refractivity contribution is 0.0524. The second kappa shape index (κ2) is 6.01. The molecule has 0 fully saturated rings. The average molecular weight is 273 g/mol. The molecule has 0 aliphatic carbocycles. The Balaban J connectivity index is 2.19. The summed E-state index contributed by atoms with van der Waals surface area (Å²) in [7, 11) is 0. The number of anilines is 2. The maximum absolute atomic E-state index is 11.8. The fourth-order valence-electron chi connectivity index (χ4n) is 1.59. The fourth-order valence-corrected chi connectivity index (χ4v) is 1.59. The number of carbonyl (C=O) groups excluding carboxylic acids is 1. The summed E-state index contributed by atoms with van der Waals surface area (Å²) in [5.74, 6) is -0.407. The highest BCUT2D eigenvalue weighted by Gasteiger charge is 2.12. The zero-order valence-corrected chi connectivity index (χ0v) is 11.3. The van der Waals surface area contributed by atoms with Gasteiger partial charge in [-0.2, -0.15) is 0 Å². The Labute approximate surface area is 115 Å². The molecule has 104 valence electrons. The average Bonchev–Trinajstić information content (AvgIpc) is 2.42. The summed E-state index contributed by atoms with van der Waals surface area (Å²) in [5.41, 5.74) is 1.28. The minimum Gasteiger partial charge on any atom is -0.462 e. The molecule has 2 rings (SSSR count). The molecule has 0 bridgehead atoms. The van der Waals surface area contributed by atoms with Crippen LogP contribution in [-0.4, -0.2) is 22.5 Å². The van der Waals surface area contributed by atoms with Crippen molar-refractivity contribution < 1.29 is 9.53 Å². The monoisotopic (exact) mass is 273 g/mol. The Hall–Kier alpha value is -2.63. The molecule has 2 N–H and O–H groups in total. The van der Waals surface area contributed by atoms with Gasteiger partial charge in [0.1, 0.15) is 5.56 Å². The normalized spacial score (nSPS) is 10.1. The van der Waals surface area contributed by atoms with Gasteiger partial charge in [-0.05, 0) is 26.0 Å². The van der Waals surface area contributed by atoms with Crippen LogP contribution in [0.4, 0.5) is 11.6 Å². The van der Waals surface area contributed by atoms with Crippen molar-refractivity contribution in [3.05, 3.63) is 51.9 Å². The number of rotatable bonds is 4. The van der Waals surface area contributed by atoms with Crippen LogP contribution in [0.5, 0.6) is 0 Å². The summed E-state index contributed by atoms with van der Waals surface area (Å²) < 4.78 is 4.76. The maximum Gasteiger partial charge on any atom is 0.345 e. The lowest BCUT2D eigenvalue weighted by Gasteiger charge is -2.06. The summed E-state index contributed by atoms with van der Waals surface area (Å²) in [6.45, 7) is 3.87. The lowest BCUT2D eigenvalue weighted by Crippen LogP contribution is -2.21. The molecule has 0 saturated carbocycles. The van der Waals surface area contributed by atoms with Crippen LogP contribution in [-0.2, 0) is 4.74 Å². The first-order valence-corrected chi connectivity index (χ1v) is 6.20. The summed E-state index contributed by atoms with van der Waals surface area (Å²) in [6, 6.07) is 7.62. The maximum atomic E-state index is 11.8. The number of benzene rings is 1. The van der Waals surface area contributed by atoms with Crippen LogP contribution in [0.15, 0.2) is 35.3 Å². The molecule has 2 aromatic rings. The van der Waals surface area contributed by atoms with E-state index in [0.29, 0.717) is 0 Å². The van der Waals surface area contributed by atoms with E-state index in [4.69, 9.17) is 4.74 Å². The summed E-state index contributed by atoms with van der Waals surface area (Å²) in [4.78, 5) is 29.7. The molecule has 6 heteroatoms. The van der Waals surface area contributed by atoms with E-state index in [0.717, 1.165) is 11.3 Å². The van der Waals surface area contributed by atoms with Crippen molar-refractivity contribution in [3.63, 3.8) is 0 Å². The molecular formula is C14H15N3O3. The van der Waals surface area contributed by atoms with E-state index in [1.54, 1.807) is 6.92 Å². The quantitative estimate of drug-likeness (QED) is 0.832. The number of carbonyl (C=O) groups is 1. The molecule has 0 aliphatic heterocycles. The van der Waals surface area contributed by atoms with Gasteiger partial charge in [0.05, 0.1) is 12.8 Å². The van der Waals surface area contributed by atoms with E-state index >= 15 is 0 Å². The predicted octanol–water partition coefficient (Wildman–Crippen LogP) is 2.00. The number of aryl methyl sites for hydroxylation is 1. The molecular weight excluding hydrogens is 258 g/mol. The SMILES string of the molecule is CCOC(=O)c1cnc(Nc2ccc(C)cc2)[nH]c1=O. The standard InChI is InChI=1S/C14H15N3O3/c1-3-20-13(19)11-8-15-14(17-12(11)18)16-10-6-4-9(2)5-7-10/h4-8H,3H2,1-2H3,(H2,15,16,17,18). The molecule has 0 spiro atoms. The third kappa shape index (κ3) is 3.23. The van der Waals surface area contributed by atoms with Crippen molar-refractivity contribution in [1.29, 1.82) is 0 Å². The number of aromatic amines is 1. The molecule has 0 radical (unpaired) electrons.